The summed E-state index contributed by atoms with van der Waals surface area (Å²) in [5.74, 6) is 0.181. The van der Waals surface area contributed by atoms with E-state index in [0.717, 1.165) is 12.0 Å². The predicted molar refractivity (Wildman–Crippen MR) is 66.2 cm³/mol. The molecule has 3 nitrogen and oxygen atoms in total. The Kier molecular flexibility index (Phi) is 2.51. The van der Waals surface area contributed by atoms with E-state index in [4.69, 9.17) is 4.74 Å². The molecule has 2 aliphatic carbocycles. The molecular formula is C15H16O3. The topological polar surface area (TPSA) is 43.4 Å². The molecule has 0 aliphatic heterocycles. The van der Waals surface area contributed by atoms with Crippen LogP contribution in [-0.2, 0) is 26.2 Å². The lowest BCUT2D eigenvalue weighted by molar-refractivity contribution is -0.152. The highest BCUT2D eigenvalue weighted by Gasteiger charge is 2.55. The van der Waals surface area contributed by atoms with E-state index < -0.39 is 5.41 Å². The summed E-state index contributed by atoms with van der Waals surface area (Å²) in [5.41, 5.74) is 1.70. The zero-order chi connectivity index (χ0) is 12.8. The van der Waals surface area contributed by atoms with Gasteiger partial charge in [-0.15, -0.1) is 0 Å². The number of hydrogen-bond donors (Lipinski definition) is 0. The quantitative estimate of drug-likeness (QED) is 0.710. The molecule has 0 spiro atoms. The predicted octanol–water partition coefficient (Wildman–Crippen LogP) is 2.02. The molecule has 0 bridgehead atoms. The van der Waals surface area contributed by atoms with Crippen LogP contribution in [0.15, 0.2) is 24.3 Å². The van der Waals surface area contributed by atoms with Crippen molar-refractivity contribution in [1.29, 1.82) is 0 Å². The summed E-state index contributed by atoms with van der Waals surface area (Å²) in [5, 5.41) is 0. The Balaban J connectivity index is 2.14. The monoisotopic (exact) mass is 244 g/mol. The average molecular weight is 244 g/mol. The molecule has 18 heavy (non-hydrogen) atoms. The SMILES string of the molecule is COC(=O)[C@]12CCC(=O)C[C@H]1Cc1ccccc12. The van der Waals surface area contributed by atoms with Crippen molar-refractivity contribution in [2.24, 2.45) is 5.92 Å². The molecule has 0 amide bonds. The first kappa shape index (κ1) is 11.5. The number of esters is 1. The van der Waals surface area contributed by atoms with Crippen molar-refractivity contribution in [3.05, 3.63) is 35.4 Å². The van der Waals surface area contributed by atoms with E-state index in [9.17, 15) is 9.59 Å². The molecule has 1 aromatic carbocycles. The van der Waals surface area contributed by atoms with E-state index in [1.54, 1.807) is 0 Å². The first-order valence-corrected chi connectivity index (χ1v) is 6.37. The van der Waals surface area contributed by atoms with Crippen LogP contribution >= 0.6 is 0 Å². The Morgan fingerprint density at radius 2 is 2.11 bits per heavy atom. The molecule has 1 aromatic rings. The molecule has 3 rings (SSSR count). The molecule has 0 heterocycles. The number of ether oxygens (including phenoxy) is 1. The molecular weight excluding hydrogens is 228 g/mol. The van der Waals surface area contributed by atoms with Gasteiger partial charge in [-0.3, -0.25) is 9.59 Å². The fraction of sp³-hybridized carbons (Fsp3) is 0.467. The van der Waals surface area contributed by atoms with Gasteiger partial charge >= 0.3 is 5.97 Å². The van der Waals surface area contributed by atoms with Crippen molar-refractivity contribution in [3.8, 4) is 0 Å². The van der Waals surface area contributed by atoms with Gasteiger partial charge in [0, 0.05) is 12.8 Å². The van der Waals surface area contributed by atoms with Crippen LogP contribution in [0.2, 0.25) is 0 Å². The summed E-state index contributed by atoms with van der Waals surface area (Å²) in [6.45, 7) is 0. The molecule has 0 saturated heterocycles. The minimum absolute atomic E-state index is 0.0867. The highest BCUT2D eigenvalue weighted by molar-refractivity contribution is 5.90. The van der Waals surface area contributed by atoms with Gasteiger partial charge < -0.3 is 4.74 Å². The lowest BCUT2D eigenvalue weighted by Crippen LogP contribution is -2.45. The van der Waals surface area contributed by atoms with Crippen LogP contribution in [0, 0.1) is 5.92 Å². The standard InChI is InChI=1S/C15H16O3/c1-18-14(17)15-7-6-12(16)9-11(15)8-10-4-2-3-5-13(10)15/h2-5,11H,6-9H2,1H3/t11-,15-/m1/s1. The second kappa shape index (κ2) is 3.94. The van der Waals surface area contributed by atoms with Crippen molar-refractivity contribution >= 4 is 11.8 Å². The molecule has 3 heteroatoms. The Bertz CT molecular complexity index is 520. The maximum atomic E-state index is 12.3. The number of carbonyl (C=O) groups is 2. The van der Waals surface area contributed by atoms with Gasteiger partial charge in [0.05, 0.1) is 12.5 Å². The minimum Gasteiger partial charge on any atom is -0.468 e. The van der Waals surface area contributed by atoms with Gasteiger partial charge in [0.25, 0.3) is 0 Å². The van der Waals surface area contributed by atoms with E-state index in [2.05, 4.69) is 6.07 Å². The third kappa shape index (κ3) is 1.36. The number of fused-ring (bicyclic) bond motifs is 3. The van der Waals surface area contributed by atoms with Crippen LogP contribution in [-0.4, -0.2) is 18.9 Å². The highest BCUT2D eigenvalue weighted by atomic mass is 16.5. The van der Waals surface area contributed by atoms with Crippen LogP contribution in [0.5, 0.6) is 0 Å². The van der Waals surface area contributed by atoms with Gasteiger partial charge in [-0.05, 0) is 29.9 Å². The number of rotatable bonds is 1. The largest absolute Gasteiger partial charge is 0.468 e. The first-order valence-electron chi connectivity index (χ1n) is 6.37. The molecule has 2 atom stereocenters. The van der Waals surface area contributed by atoms with Crippen LogP contribution < -0.4 is 0 Å². The van der Waals surface area contributed by atoms with Gasteiger partial charge in [0.1, 0.15) is 5.78 Å². The Morgan fingerprint density at radius 3 is 2.89 bits per heavy atom. The lowest BCUT2D eigenvalue weighted by Gasteiger charge is -2.36. The normalized spacial score (nSPS) is 29.6. The number of benzene rings is 1. The highest BCUT2D eigenvalue weighted by Crippen LogP contribution is 2.51. The number of methoxy groups -OCH3 is 1. The zero-order valence-corrected chi connectivity index (χ0v) is 10.4. The van der Waals surface area contributed by atoms with Crippen LogP contribution in [0.3, 0.4) is 0 Å². The van der Waals surface area contributed by atoms with Crippen molar-refractivity contribution in [3.63, 3.8) is 0 Å². The zero-order valence-electron chi connectivity index (χ0n) is 10.4. The van der Waals surface area contributed by atoms with Crippen LogP contribution in [0.4, 0.5) is 0 Å². The molecule has 0 unspecified atom stereocenters. The fourth-order valence-corrected chi connectivity index (χ4v) is 3.65. The van der Waals surface area contributed by atoms with Gasteiger partial charge in [-0.1, -0.05) is 24.3 Å². The summed E-state index contributed by atoms with van der Waals surface area (Å²) in [6, 6.07) is 8.02. The third-order valence-electron chi connectivity index (χ3n) is 4.48. The molecule has 94 valence electrons. The summed E-state index contributed by atoms with van der Waals surface area (Å²) < 4.78 is 5.04. The molecule has 1 fully saturated rings. The van der Waals surface area contributed by atoms with E-state index in [1.165, 1.54) is 12.7 Å². The average Bonchev–Trinajstić information content (AvgIpc) is 2.72. The van der Waals surface area contributed by atoms with Crippen molar-refractivity contribution in [2.45, 2.75) is 31.1 Å². The fourth-order valence-electron chi connectivity index (χ4n) is 3.65. The molecule has 1 saturated carbocycles. The van der Waals surface area contributed by atoms with E-state index >= 15 is 0 Å². The van der Waals surface area contributed by atoms with Gasteiger partial charge in [0.2, 0.25) is 0 Å². The minimum atomic E-state index is -0.570. The Labute approximate surface area is 106 Å². The Hall–Kier alpha value is -1.64. The van der Waals surface area contributed by atoms with E-state index in [-0.39, 0.29) is 17.7 Å². The van der Waals surface area contributed by atoms with E-state index in [1.807, 2.05) is 18.2 Å². The van der Waals surface area contributed by atoms with Gasteiger partial charge in [-0.25, -0.2) is 0 Å². The van der Waals surface area contributed by atoms with Crippen molar-refractivity contribution in [2.75, 3.05) is 7.11 Å². The lowest BCUT2D eigenvalue weighted by atomic mass is 9.65. The first-order chi connectivity index (χ1) is 8.68. The number of Topliss-reactive ketones (excluding diaryl/α,β-unsaturated/α-hetero) is 1. The molecule has 0 aromatic heterocycles. The maximum absolute atomic E-state index is 12.3. The van der Waals surface area contributed by atoms with Crippen molar-refractivity contribution < 1.29 is 14.3 Å². The second-order valence-electron chi connectivity index (χ2n) is 5.26. The van der Waals surface area contributed by atoms with Gasteiger partial charge in [-0.2, -0.15) is 0 Å². The smallest absolute Gasteiger partial charge is 0.316 e. The summed E-state index contributed by atoms with van der Waals surface area (Å²) in [4.78, 5) is 24.0. The Morgan fingerprint density at radius 1 is 1.33 bits per heavy atom. The second-order valence-corrected chi connectivity index (χ2v) is 5.26. The maximum Gasteiger partial charge on any atom is 0.316 e. The number of carbonyl (C=O) groups excluding carboxylic acids is 2. The number of hydrogen-bond acceptors (Lipinski definition) is 3. The van der Waals surface area contributed by atoms with E-state index in [0.29, 0.717) is 19.3 Å². The molecule has 0 radical (unpaired) electrons. The third-order valence-corrected chi connectivity index (χ3v) is 4.48. The summed E-state index contributed by atoms with van der Waals surface area (Å²) >= 11 is 0. The van der Waals surface area contributed by atoms with Crippen molar-refractivity contribution in [1.82, 2.24) is 0 Å². The number of ketones is 1. The van der Waals surface area contributed by atoms with Crippen LogP contribution in [0.25, 0.3) is 0 Å². The molecule has 2 aliphatic rings. The van der Waals surface area contributed by atoms with Crippen LogP contribution in [0.1, 0.15) is 30.4 Å². The van der Waals surface area contributed by atoms with Gasteiger partial charge in [0.15, 0.2) is 0 Å². The summed E-state index contributed by atoms with van der Waals surface area (Å²) in [6.07, 6.45) is 2.40. The molecule has 0 N–H and O–H groups in total. The summed E-state index contributed by atoms with van der Waals surface area (Å²) in [7, 11) is 1.44.